The summed E-state index contributed by atoms with van der Waals surface area (Å²) in [6.07, 6.45) is 0. The lowest BCUT2D eigenvalue weighted by Crippen LogP contribution is -1.99. The van der Waals surface area contributed by atoms with Crippen molar-refractivity contribution in [1.29, 1.82) is 5.26 Å². The molecule has 0 amide bonds. The summed E-state index contributed by atoms with van der Waals surface area (Å²) in [7, 11) is 0. The van der Waals surface area contributed by atoms with Gasteiger partial charge in [0.1, 0.15) is 11.3 Å². The minimum atomic E-state index is 0.283. The van der Waals surface area contributed by atoms with Crippen LogP contribution in [0.5, 0.6) is 0 Å². The van der Waals surface area contributed by atoms with E-state index < -0.39 is 0 Å². The Bertz CT molecular complexity index is 813. The molecule has 2 aromatic carbocycles. The van der Waals surface area contributed by atoms with Gasteiger partial charge in [-0.15, -0.1) is 11.6 Å². The van der Waals surface area contributed by atoms with E-state index in [-0.39, 0.29) is 5.88 Å². The van der Waals surface area contributed by atoms with Crippen LogP contribution < -0.4 is 0 Å². The van der Waals surface area contributed by atoms with E-state index in [1.807, 2.05) is 28.8 Å². The first-order valence-corrected chi connectivity index (χ1v) is 6.88. The van der Waals surface area contributed by atoms with Crippen molar-refractivity contribution < 1.29 is 0 Å². The number of benzene rings is 2. The fourth-order valence-corrected chi connectivity index (χ4v) is 2.57. The van der Waals surface area contributed by atoms with Gasteiger partial charge in [0.2, 0.25) is 0 Å². The average Bonchev–Trinajstić information content (AvgIpc) is 2.87. The number of rotatable bonds is 2. The molecule has 3 rings (SSSR count). The van der Waals surface area contributed by atoms with E-state index in [0.29, 0.717) is 10.6 Å². The van der Waals surface area contributed by atoms with Gasteiger partial charge in [-0.05, 0) is 36.4 Å². The van der Waals surface area contributed by atoms with Gasteiger partial charge in [-0.25, -0.2) is 4.98 Å². The van der Waals surface area contributed by atoms with Crippen molar-refractivity contribution in [2.45, 2.75) is 5.88 Å². The number of imidazole rings is 1. The zero-order valence-electron chi connectivity index (χ0n) is 10.3. The Kier molecular flexibility index (Phi) is 3.35. The van der Waals surface area contributed by atoms with E-state index in [1.165, 1.54) is 0 Å². The molecule has 0 aliphatic rings. The molecule has 0 aliphatic heterocycles. The van der Waals surface area contributed by atoms with Crippen molar-refractivity contribution in [3.63, 3.8) is 0 Å². The number of para-hydroxylation sites is 1. The molecule has 3 nitrogen and oxygen atoms in total. The second kappa shape index (κ2) is 5.16. The van der Waals surface area contributed by atoms with Crippen molar-refractivity contribution in [1.82, 2.24) is 9.55 Å². The fraction of sp³-hybridized carbons (Fsp3) is 0.0667. The highest BCUT2D eigenvalue weighted by atomic mass is 35.5. The quantitative estimate of drug-likeness (QED) is 0.663. The number of fused-ring (bicyclic) bond motifs is 1. The summed E-state index contributed by atoms with van der Waals surface area (Å²) in [5, 5.41) is 9.46. The summed E-state index contributed by atoms with van der Waals surface area (Å²) < 4.78 is 1.95. The van der Waals surface area contributed by atoms with Gasteiger partial charge in [0.25, 0.3) is 0 Å². The maximum absolute atomic E-state index is 8.86. The van der Waals surface area contributed by atoms with Crippen molar-refractivity contribution in [3.05, 3.63) is 58.9 Å². The van der Waals surface area contributed by atoms with E-state index in [0.717, 1.165) is 22.5 Å². The molecule has 0 saturated carbocycles. The van der Waals surface area contributed by atoms with Gasteiger partial charge in [0, 0.05) is 5.69 Å². The second-order valence-electron chi connectivity index (χ2n) is 4.26. The summed E-state index contributed by atoms with van der Waals surface area (Å²) in [5.41, 5.74) is 3.15. The molecule has 3 aromatic rings. The van der Waals surface area contributed by atoms with Crippen LogP contribution in [0.15, 0.2) is 42.5 Å². The predicted molar refractivity (Wildman–Crippen MR) is 80.4 cm³/mol. The molecule has 98 valence electrons. The van der Waals surface area contributed by atoms with Gasteiger partial charge < -0.3 is 0 Å². The molecule has 0 spiro atoms. The van der Waals surface area contributed by atoms with Gasteiger partial charge in [0.05, 0.1) is 28.1 Å². The SMILES string of the molecule is N#Cc1ccc(-n2c(CCl)nc3c(Cl)cccc32)cc1. The van der Waals surface area contributed by atoms with E-state index in [1.54, 1.807) is 18.2 Å². The topological polar surface area (TPSA) is 41.6 Å². The molecule has 1 aromatic heterocycles. The zero-order chi connectivity index (χ0) is 14.1. The number of alkyl halides is 1. The fourth-order valence-electron chi connectivity index (χ4n) is 2.18. The Morgan fingerprint density at radius 2 is 1.90 bits per heavy atom. The van der Waals surface area contributed by atoms with Crippen LogP contribution >= 0.6 is 23.2 Å². The molecule has 0 radical (unpaired) electrons. The molecule has 0 unspecified atom stereocenters. The Balaban J connectivity index is 2.28. The number of hydrogen-bond acceptors (Lipinski definition) is 2. The third-order valence-corrected chi connectivity index (χ3v) is 3.62. The standard InChI is InChI=1S/C15H9Cl2N3/c16-8-14-19-15-12(17)2-1-3-13(15)20(14)11-6-4-10(9-18)5-7-11/h1-7H,8H2. The highest BCUT2D eigenvalue weighted by molar-refractivity contribution is 6.35. The third kappa shape index (κ3) is 2.03. The lowest BCUT2D eigenvalue weighted by Gasteiger charge is -2.07. The molecule has 0 atom stereocenters. The molecular formula is C15H9Cl2N3. The highest BCUT2D eigenvalue weighted by Gasteiger charge is 2.13. The first kappa shape index (κ1) is 13.0. The molecule has 0 fully saturated rings. The van der Waals surface area contributed by atoms with Gasteiger partial charge >= 0.3 is 0 Å². The van der Waals surface area contributed by atoms with Crippen molar-refractivity contribution in [2.24, 2.45) is 0 Å². The molecule has 0 saturated heterocycles. The van der Waals surface area contributed by atoms with Crippen LogP contribution in [0.3, 0.4) is 0 Å². The highest BCUT2D eigenvalue weighted by Crippen LogP contribution is 2.27. The van der Waals surface area contributed by atoms with Crippen LogP contribution in [0.2, 0.25) is 5.02 Å². The van der Waals surface area contributed by atoms with Crippen molar-refractivity contribution in [3.8, 4) is 11.8 Å². The lowest BCUT2D eigenvalue weighted by atomic mass is 10.2. The van der Waals surface area contributed by atoms with Crippen molar-refractivity contribution >= 4 is 34.2 Å². The van der Waals surface area contributed by atoms with E-state index >= 15 is 0 Å². The zero-order valence-corrected chi connectivity index (χ0v) is 11.9. The van der Waals surface area contributed by atoms with Gasteiger partial charge in [-0.2, -0.15) is 5.26 Å². The van der Waals surface area contributed by atoms with Crippen LogP contribution in [0, 0.1) is 11.3 Å². The van der Waals surface area contributed by atoms with E-state index in [4.69, 9.17) is 28.5 Å². The van der Waals surface area contributed by atoms with Crippen LogP contribution in [0.4, 0.5) is 0 Å². The number of aromatic nitrogens is 2. The molecule has 1 heterocycles. The smallest absolute Gasteiger partial charge is 0.129 e. The number of nitrogens with zero attached hydrogens (tertiary/aromatic N) is 3. The number of nitriles is 1. The van der Waals surface area contributed by atoms with Crippen LogP contribution in [-0.4, -0.2) is 9.55 Å². The normalized spacial score (nSPS) is 10.7. The molecule has 0 bridgehead atoms. The summed E-state index contributed by atoms with van der Waals surface area (Å²) >= 11 is 12.2. The van der Waals surface area contributed by atoms with E-state index in [9.17, 15) is 0 Å². The van der Waals surface area contributed by atoms with Crippen LogP contribution in [0.1, 0.15) is 11.4 Å². The van der Waals surface area contributed by atoms with E-state index in [2.05, 4.69) is 11.1 Å². The number of halogens is 2. The molecule has 0 N–H and O–H groups in total. The minimum absolute atomic E-state index is 0.283. The minimum Gasteiger partial charge on any atom is -0.295 e. The third-order valence-electron chi connectivity index (χ3n) is 3.08. The van der Waals surface area contributed by atoms with Crippen molar-refractivity contribution in [2.75, 3.05) is 0 Å². The predicted octanol–water partition coefficient (Wildman–Crippen LogP) is 4.29. The largest absolute Gasteiger partial charge is 0.295 e. The number of hydrogen-bond donors (Lipinski definition) is 0. The van der Waals surface area contributed by atoms with Gasteiger partial charge in [0.15, 0.2) is 0 Å². The maximum atomic E-state index is 8.86. The molecular weight excluding hydrogens is 293 g/mol. The summed E-state index contributed by atoms with van der Waals surface area (Å²) in [6.45, 7) is 0. The second-order valence-corrected chi connectivity index (χ2v) is 4.94. The summed E-state index contributed by atoms with van der Waals surface area (Å²) in [5.74, 6) is 1.00. The monoisotopic (exact) mass is 301 g/mol. The Hall–Kier alpha value is -2.02. The lowest BCUT2D eigenvalue weighted by molar-refractivity contribution is 0.982. The average molecular weight is 302 g/mol. The Morgan fingerprint density at radius 1 is 1.15 bits per heavy atom. The van der Waals surface area contributed by atoms with Crippen LogP contribution in [0.25, 0.3) is 16.7 Å². The molecule has 20 heavy (non-hydrogen) atoms. The Morgan fingerprint density at radius 3 is 2.55 bits per heavy atom. The first-order valence-electron chi connectivity index (χ1n) is 5.97. The van der Waals surface area contributed by atoms with Gasteiger partial charge in [-0.3, -0.25) is 4.57 Å². The summed E-state index contributed by atoms with van der Waals surface area (Å²) in [6, 6.07) is 15.0. The maximum Gasteiger partial charge on any atom is 0.129 e. The summed E-state index contributed by atoms with van der Waals surface area (Å²) in [4.78, 5) is 4.48. The Labute approximate surface area is 126 Å². The van der Waals surface area contributed by atoms with Crippen LogP contribution in [-0.2, 0) is 5.88 Å². The molecule has 0 aliphatic carbocycles. The first-order chi connectivity index (χ1) is 9.74. The van der Waals surface area contributed by atoms with Gasteiger partial charge in [-0.1, -0.05) is 17.7 Å². The molecule has 5 heteroatoms.